The van der Waals surface area contributed by atoms with E-state index in [1.807, 2.05) is 6.07 Å². The van der Waals surface area contributed by atoms with Gasteiger partial charge in [-0.15, -0.1) is 0 Å². The van der Waals surface area contributed by atoms with Gasteiger partial charge < -0.3 is 4.74 Å². The first-order chi connectivity index (χ1) is 6.38. The minimum absolute atomic E-state index is 0.311. The molecular weight excluding hydrogens is 166 g/mol. The summed E-state index contributed by atoms with van der Waals surface area (Å²) >= 11 is 0. The van der Waals surface area contributed by atoms with Crippen molar-refractivity contribution < 1.29 is 4.74 Å². The van der Waals surface area contributed by atoms with Crippen LogP contribution in [0.3, 0.4) is 0 Å². The highest BCUT2D eigenvalue weighted by atomic mass is 16.5. The summed E-state index contributed by atoms with van der Waals surface area (Å²) in [6.07, 6.45) is 4.00. The molecule has 13 heavy (non-hydrogen) atoms. The number of ether oxygens (including phenoxy) is 1. The number of hydrogen-bond acceptors (Lipinski definition) is 4. The average molecular weight is 175 g/mol. The maximum absolute atomic E-state index is 8.56. The third-order valence-corrected chi connectivity index (χ3v) is 1.89. The van der Waals surface area contributed by atoms with Gasteiger partial charge >= 0.3 is 6.01 Å². The van der Waals surface area contributed by atoms with Crippen LogP contribution in [0.15, 0.2) is 12.3 Å². The van der Waals surface area contributed by atoms with Crippen molar-refractivity contribution in [3.63, 3.8) is 0 Å². The quantitative estimate of drug-likeness (QED) is 0.691. The Bertz CT molecular complexity index is 341. The van der Waals surface area contributed by atoms with Crippen molar-refractivity contribution in [3.05, 3.63) is 18.0 Å². The molecule has 1 aliphatic rings. The second kappa shape index (κ2) is 3.40. The van der Waals surface area contributed by atoms with Crippen LogP contribution < -0.4 is 4.74 Å². The molecule has 1 heterocycles. The molecule has 0 saturated heterocycles. The van der Waals surface area contributed by atoms with Gasteiger partial charge in [0.05, 0.1) is 6.61 Å². The van der Waals surface area contributed by atoms with Crippen LogP contribution in [0.2, 0.25) is 0 Å². The summed E-state index contributed by atoms with van der Waals surface area (Å²) in [5.74, 6) is 0.675. The number of aromatic nitrogens is 2. The number of nitriles is 1. The van der Waals surface area contributed by atoms with Crippen LogP contribution in [0.1, 0.15) is 18.5 Å². The highest BCUT2D eigenvalue weighted by Gasteiger charge is 2.22. The van der Waals surface area contributed by atoms with Crippen LogP contribution in [0.4, 0.5) is 0 Å². The topological polar surface area (TPSA) is 58.8 Å². The lowest BCUT2D eigenvalue weighted by atomic mass is 10.4. The van der Waals surface area contributed by atoms with E-state index >= 15 is 0 Å². The van der Waals surface area contributed by atoms with E-state index in [4.69, 9.17) is 10.00 Å². The van der Waals surface area contributed by atoms with E-state index < -0.39 is 0 Å². The predicted molar refractivity (Wildman–Crippen MR) is 45.0 cm³/mol. The SMILES string of the molecule is N#Cc1ccnc(OCC2CC2)n1. The molecule has 0 spiro atoms. The molecule has 0 unspecified atom stereocenters. The van der Waals surface area contributed by atoms with Crippen LogP contribution in [0.25, 0.3) is 0 Å². The van der Waals surface area contributed by atoms with E-state index in [0.717, 1.165) is 0 Å². The number of rotatable bonds is 3. The number of nitrogens with zero attached hydrogens (tertiary/aromatic N) is 3. The minimum Gasteiger partial charge on any atom is -0.463 e. The molecule has 2 rings (SSSR count). The third kappa shape index (κ3) is 2.15. The standard InChI is InChI=1S/C9H9N3O/c10-5-8-3-4-11-9(12-8)13-6-7-1-2-7/h3-4,7H,1-2,6H2. The van der Waals surface area contributed by atoms with Crippen molar-refractivity contribution in [2.24, 2.45) is 5.92 Å². The predicted octanol–water partition coefficient (Wildman–Crippen LogP) is 1.14. The van der Waals surface area contributed by atoms with Crippen molar-refractivity contribution in [2.45, 2.75) is 12.8 Å². The van der Waals surface area contributed by atoms with E-state index in [1.165, 1.54) is 19.0 Å². The van der Waals surface area contributed by atoms with Gasteiger partial charge in [-0.2, -0.15) is 10.2 Å². The summed E-state index contributed by atoms with van der Waals surface area (Å²) < 4.78 is 5.30. The third-order valence-electron chi connectivity index (χ3n) is 1.89. The normalized spacial score (nSPS) is 15.0. The summed E-state index contributed by atoms with van der Waals surface area (Å²) in [6, 6.07) is 3.81. The summed E-state index contributed by atoms with van der Waals surface area (Å²) in [4.78, 5) is 7.80. The summed E-state index contributed by atoms with van der Waals surface area (Å²) in [7, 11) is 0. The molecule has 0 bridgehead atoms. The van der Waals surface area contributed by atoms with E-state index in [2.05, 4.69) is 9.97 Å². The van der Waals surface area contributed by atoms with Crippen molar-refractivity contribution in [2.75, 3.05) is 6.61 Å². The zero-order valence-corrected chi connectivity index (χ0v) is 7.10. The zero-order valence-electron chi connectivity index (χ0n) is 7.10. The first-order valence-corrected chi connectivity index (χ1v) is 4.24. The van der Waals surface area contributed by atoms with Crippen LogP contribution in [0.5, 0.6) is 6.01 Å². The number of hydrogen-bond donors (Lipinski definition) is 0. The molecule has 0 aliphatic heterocycles. The molecule has 1 aromatic heterocycles. The van der Waals surface area contributed by atoms with Gasteiger partial charge in [-0.25, -0.2) is 4.98 Å². The minimum atomic E-state index is 0.311. The van der Waals surface area contributed by atoms with Gasteiger partial charge in [-0.1, -0.05) is 0 Å². The van der Waals surface area contributed by atoms with Crippen LogP contribution in [0, 0.1) is 17.2 Å². The first kappa shape index (κ1) is 7.99. The lowest BCUT2D eigenvalue weighted by Gasteiger charge is -2.01. The summed E-state index contributed by atoms with van der Waals surface area (Å²) in [6.45, 7) is 0.675. The van der Waals surface area contributed by atoms with Crippen molar-refractivity contribution in [3.8, 4) is 12.1 Å². The fourth-order valence-electron chi connectivity index (χ4n) is 0.950. The summed E-state index contributed by atoms with van der Waals surface area (Å²) in [5, 5.41) is 8.56. The Morgan fingerprint density at radius 2 is 2.46 bits per heavy atom. The fraction of sp³-hybridized carbons (Fsp3) is 0.444. The largest absolute Gasteiger partial charge is 0.463 e. The Balaban J connectivity index is 1.98. The zero-order chi connectivity index (χ0) is 9.10. The molecular formula is C9H9N3O. The monoisotopic (exact) mass is 175 g/mol. The van der Waals surface area contributed by atoms with Gasteiger partial charge in [0.15, 0.2) is 0 Å². The van der Waals surface area contributed by atoms with Gasteiger partial charge in [0.1, 0.15) is 11.8 Å². The van der Waals surface area contributed by atoms with Gasteiger partial charge in [0.2, 0.25) is 0 Å². The molecule has 4 nitrogen and oxygen atoms in total. The second-order valence-corrected chi connectivity index (χ2v) is 3.09. The highest BCUT2D eigenvalue weighted by Crippen LogP contribution is 2.28. The Labute approximate surface area is 76.2 Å². The van der Waals surface area contributed by atoms with E-state index in [0.29, 0.717) is 24.2 Å². The fourth-order valence-corrected chi connectivity index (χ4v) is 0.950. The Morgan fingerprint density at radius 1 is 1.62 bits per heavy atom. The van der Waals surface area contributed by atoms with Crippen molar-refractivity contribution in [1.29, 1.82) is 5.26 Å². The van der Waals surface area contributed by atoms with Crippen LogP contribution in [-0.2, 0) is 0 Å². The van der Waals surface area contributed by atoms with E-state index in [9.17, 15) is 0 Å². The van der Waals surface area contributed by atoms with Gasteiger partial charge in [-0.3, -0.25) is 0 Å². The molecule has 0 aromatic carbocycles. The molecule has 66 valence electrons. The smallest absolute Gasteiger partial charge is 0.317 e. The van der Waals surface area contributed by atoms with E-state index in [-0.39, 0.29) is 0 Å². The van der Waals surface area contributed by atoms with Gasteiger partial charge in [-0.05, 0) is 24.8 Å². The highest BCUT2D eigenvalue weighted by molar-refractivity contribution is 5.19. The van der Waals surface area contributed by atoms with Crippen molar-refractivity contribution >= 4 is 0 Å². The molecule has 1 saturated carbocycles. The molecule has 4 heteroatoms. The maximum atomic E-state index is 8.56. The molecule has 1 aromatic rings. The first-order valence-electron chi connectivity index (χ1n) is 4.24. The van der Waals surface area contributed by atoms with Gasteiger partial charge in [0, 0.05) is 6.20 Å². The van der Waals surface area contributed by atoms with Gasteiger partial charge in [0.25, 0.3) is 0 Å². The molecule has 1 fully saturated rings. The van der Waals surface area contributed by atoms with Crippen molar-refractivity contribution in [1.82, 2.24) is 9.97 Å². The van der Waals surface area contributed by atoms with Crippen LogP contribution >= 0.6 is 0 Å². The van der Waals surface area contributed by atoms with E-state index in [1.54, 1.807) is 6.07 Å². The Morgan fingerprint density at radius 3 is 3.15 bits per heavy atom. The molecule has 1 aliphatic carbocycles. The lowest BCUT2D eigenvalue weighted by molar-refractivity contribution is 0.276. The molecule has 0 atom stereocenters. The molecule has 0 amide bonds. The Kier molecular flexibility index (Phi) is 2.09. The molecule has 0 N–H and O–H groups in total. The maximum Gasteiger partial charge on any atom is 0.317 e. The Hall–Kier alpha value is -1.63. The second-order valence-electron chi connectivity index (χ2n) is 3.09. The lowest BCUT2D eigenvalue weighted by Crippen LogP contribution is -2.02. The summed E-state index contributed by atoms with van der Waals surface area (Å²) in [5.41, 5.74) is 0.348. The molecule has 0 radical (unpaired) electrons. The van der Waals surface area contributed by atoms with Crippen LogP contribution in [-0.4, -0.2) is 16.6 Å². The average Bonchev–Trinajstić information content (AvgIpc) is 2.99.